The third-order valence-corrected chi connectivity index (χ3v) is 5.04. The average Bonchev–Trinajstić information content (AvgIpc) is 3.22. The monoisotopic (exact) mass is 396 g/mol. The zero-order chi connectivity index (χ0) is 19.8. The first-order chi connectivity index (χ1) is 13.7. The number of aromatic nitrogens is 2. The Hall–Kier alpha value is -2.80. The van der Waals surface area contributed by atoms with Gasteiger partial charge in [0, 0.05) is 30.0 Å². The van der Waals surface area contributed by atoms with Crippen molar-refractivity contribution in [3.8, 4) is 11.5 Å². The number of nitrogens with one attached hydrogen (secondary N) is 2. The second-order valence-electron chi connectivity index (χ2n) is 6.27. The number of urea groups is 1. The van der Waals surface area contributed by atoms with E-state index in [4.69, 9.17) is 4.52 Å². The number of benzene rings is 2. The van der Waals surface area contributed by atoms with E-state index in [9.17, 15) is 4.79 Å². The maximum Gasteiger partial charge on any atom is 0.315 e. The van der Waals surface area contributed by atoms with Crippen molar-refractivity contribution in [2.45, 2.75) is 31.2 Å². The van der Waals surface area contributed by atoms with E-state index in [1.165, 1.54) is 4.90 Å². The molecule has 1 heterocycles. The normalized spacial score (nSPS) is 10.6. The molecular weight excluding hydrogens is 372 g/mol. The lowest BCUT2D eigenvalue weighted by atomic mass is 10.1. The van der Waals surface area contributed by atoms with Gasteiger partial charge in [-0.15, -0.1) is 11.8 Å². The lowest BCUT2D eigenvalue weighted by Gasteiger charge is -2.08. The molecule has 0 bridgehead atoms. The van der Waals surface area contributed by atoms with Crippen LogP contribution in [0.15, 0.2) is 57.9 Å². The van der Waals surface area contributed by atoms with Gasteiger partial charge in [-0.05, 0) is 48.1 Å². The number of rotatable bonds is 8. The maximum atomic E-state index is 11.9. The van der Waals surface area contributed by atoms with Gasteiger partial charge in [0.25, 0.3) is 5.89 Å². The molecule has 146 valence electrons. The molecule has 2 N–H and O–H groups in total. The van der Waals surface area contributed by atoms with Crippen LogP contribution in [0.3, 0.4) is 0 Å². The van der Waals surface area contributed by atoms with E-state index in [2.05, 4.69) is 32.9 Å². The molecule has 2 amide bonds. The molecule has 0 fully saturated rings. The van der Waals surface area contributed by atoms with Crippen molar-refractivity contribution < 1.29 is 9.32 Å². The van der Waals surface area contributed by atoms with E-state index >= 15 is 0 Å². The van der Waals surface area contributed by atoms with Gasteiger partial charge >= 0.3 is 6.03 Å². The van der Waals surface area contributed by atoms with Gasteiger partial charge in [-0.2, -0.15) is 4.98 Å². The maximum absolute atomic E-state index is 11.9. The molecule has 3 rings (SSSR count). The fourth-order valence-electron chi connectivity index (χ4n) is 2.64. The van der Waals surface area contributed by atoms with Gasteiger partial charge in [-0.25, -0.2) is 4.79 Å². The molecule has 0 aliphatic rings. The number of carbonyl (C=O) groups excluding carboxylic acids is 1. The van der Waals surface area contributed by atoms with Crippen LogP contribution >= 0.6 is 11.8 Å². The summed E-state index contributed by atoms with van der Waals surface area (Å²) in [5, 5.41) is 9.67. The molecule has 0 aliphatic heterocycles. The van der Waals surface area contributed by atoms with Crippen molar-refractivity contribution in [3.05, 3.63) is 65.5 Å². The molecule has 0 atom stereocenters. The quantitative estimate of drug-likeness (QED) is 0.561. The molecule has 3 aromatic rings. The molecule has 0 saturated carbocycles. The number of hydrogen-bond acceptors (Lipinski definition) is 5. The Morgan fingerprint density at radius 1 is 1.04 bits per heavy atom. The summed E-state index contributed by atoms with van der Waals surface area (Å²) in [6.07, 6.45) is 3.54. The van der Waals surface area contributed by atoms with Gasteiger partial charge in [0.15, 0.2) is 5.82 Å². The molecular formula is C21H24N4O2S. The first-order valence-corrected chi connectivity index (χ1v) is 10.5. The largest absolute Gasteiger partial charge is 0.338 e. The summed E-state index contributed by atoms with van der Waals surface area (Å²) >= 11 is 1.70. The lowest BCUT2D eigenvalue weighted by molar-refractivity contribution is 0.240. The first-order valence-electron chi connectivity index (χ1n) is 9.24. The van der Waals surface area contributed by atoms with E-state index in [1.54, 1.807) is 11.8 Å². The van der Waals surface area contributed by atoms with Crippen LogP contribution in [-0.2, 0) is 19.4 Å². The van der Waals surface area contributed by atoms with Crippen LogP contribution in [0, 0.1) is 0 Å². The van der Waals surface area contributed by atoms with Crippen LogP contribution in [0.5, 0.6) is 0 Å². The van der Waals surface area contributed by atoms with Crippen molar-refractivity contribution in [1.29, 1.82) is 0 Å². The molecule has 0 radical (unpaired) electrons. The molecule has 1 aromatic heterocycles. The van der Waals surface area contributed by atoms with Crippen molar-refractivity contribution in [3.63, 3.8) is 0 Å². The SMILES string of the molecule is CCc1noc(-c2ccc(CCNC(=O)NCc3ccc(SC)cc3)cc2)n1. The topological polar surface area (TPSA) is 80.0 Å². The third-order valence-electron chi connectivity index (χ3n) is 4.30. The third kappa shape index (κ3) is 5.60. The Kier molecular flexibility index (Phi) is 7.08. The summed E-state index contributed by atoms with van der Waals surface area (Å²) in [5.41, 5.74) is 3.11. The zero-order valence-electron chi connectivity index (χ0n) is 16.1. The van der Waals surface area contributed by atoms with Gasteiger partial charge in [-0.1, -0.05) is 36.3 Å². The number of carbonyl (C=O) groups is 1. The summed E-state index contributed by atoms with van der Waals surface area (Å²) in [7, 11) is 0. The Morgan fingerprint density at radius 2 is 1.75 bits per heavy atom. The number of nitrogens with zero attached hydrogens (tertiary/aromatic N) is 2. The van der Waals surface area contributed by atoms with Gasteiger partial charge in [-0.3, -0.25) is 0 Å². The van der Waals surface area contributed by atoms with E-state index < -0.39 is 0 Å². The first kappa shape index (κ1) is 19.9. The Labute approximate surface area is 169 Å². The highest BCUT2D eigenvalue weighted by molar-refractivity contribution is 7.98. The van der Waals surface area contributed by atoms with Crippen LogP contribution in [0.25, 0.3) is 11.5 Å². The van der Waals surface area contributed by atoms with Crippen LogP contribution in [0.4, 0.5) is 4.79 Å². The zero-order valence-corrected chi connectivity index (χ0v) is 16.9. The second kappa shape index (κ2) is 9.94. The van der Waals surface area contributed by atoms with Crippen molar-refractivity contribution in [1.82, 2.24) is 20.8 Å². The molecule has 0 unspecified atom stereocenters. The summed E-state index contributed by atoms with van der Waals surface area (Å²) in [6, 6.07) is 15.9. The van der Waals surface area contributed by atoms with Crippen LogP contribution in [-0.4, -0.2) is 29.0 Å². The molecule has 2 aromatic carbocycles. The van der Waals surface area contributed by atoms with Crippen molar-refractivity contribution in [2.75, 3.05) is 12.8 Å². The van der Waals surface area contributed by atoms with Gasteiger partial charge in [0.2, 0.25) is 0 Å². The van der Waals surface area contributed by atoms with E-state index in [0.29, 0.717) is 24.8 Å². The number of thioether (sulfide) groups is 1. The fourth-order valence-corrected chi connectivity index (χ4v) is 3.05. The van der Waals surface area contributed by atoms with Crippen molar-refractivity contribution >= 4 is 17.8 Å². The van der Waals surface area contributed by atoms with Crippen LogP contribution in [0.1, 0.15) is 23.9 Å². The smallest absolute Gasteiger partial charge is 0.315 e. The van der Waals surface area contributed by atoms with Gasteiger partial charge in [0.05, 0.1) is 0 Å². The fraction of sp³-hybridized carbons (Fsp3) is 0.286. The van der Waals surface area contributed by atoms with Crippen molar-refractivity contribution in [2.24, 2.45) is 0 Å². The minimum atomic E-state index is -0.163. The summed E-state index contributed by atoms with van der Waals surface area (Å²) in [4.78, 5) is 17.5. The number of amides is 2. The molecule has 28 heavy (non-hydrogen) atoms. The minimum Gasteiger partial charge on any atom is -0.338 e. The van der Waals surface area contributed by atoms with E-state index in [1.807, 2.05) is 49.6 Å². The molecule has 0 saturated heterocycles. The van der Waals surface area contributed by atoms with Crippen LogP contribution in [0.2, 0.25) is 0 Å². The molecule has 0 aliphatic carbocycles. The minimum absolute atomic E-state index is 0.163. The van der Waals surface area contributed by atoms with Crippen LogP contribution < -0.4 is 10.6 Å². The predicted molar refractivity (Wildman–Crippen MR) is 111 cm³/mol. The standard InChI is InChI=1S/C21H24N4O2S/c1-3-19-24-20(27-25-19)17-8-4-15(5-9-17)12-13-22-21(26)23-14-16-6-10-18(28-2)11-7-16/h4-11H,3,12-14H2,1-2H3,(H2,22,23,26). The summed E-state index contributed by atoms with van der Waals surface area (Å²) in [5.74, 6) is 1.24. The molecule has 7 heteroatoms. The average molecular weight is 397 g/mol. The Bertz CT molecular complexity index is 892. The molecule has 0 spiro atoms. The number of hydrogen-bond donors (Lipinski definition) is 2. The summed E-state index contributed by atoms with van der Waals surface area (Å²) in [6.45, 7) is 3.07. The highest BCUT2D eigenvalue weighted by atomic mass is 32.2. The number of aryl methyl sites for hydroxylation is 1. The Balaban J connectivity index is 1.40. The van der Waals surface area contributed by atoms with Gasteiger partial charge < -0.3 is 15.2 Å². The van der Waals surface area contributed by atoms with E-state index in [-0.39, 0.29) is 6.03 Å². The van der Waals surface area contributed by atoms with Gasteiger partial charge in [0.1, 0.15) is 0 Å². The Morgan fingerprint density at radius 3 is 2.39 bits per heavy atom. The predicted octanol–water partition coefficient (Wildman–Crippen LogP) is 4.06. The second-order valence-corrected chi connectivity index (χ2v) is 7.15. The van der Waals surface area contributed by atoms with E-state index in [0.717, 1.165) is 29.5 Å². The summed E-state index contributed by atoms with van der Waals surface area (Å²) < 4.78 is 5.24. The molecule has 6 nitrogen and oxygen atoms in total. The lowest BCUT2D eigenvalue weighted by Crippen LogP contribution is -2.36. The highest BCUT2D eigenvalue weighted by Crippen LogP contribution is 2.18. The highest BCUT2D eigenvalue weighted by Gasteiger charge is 2.07.